The molecule has 2 amide bonds. The van der Waals surface area contributed by atoms with Gasteiger partial charge in [-0.2, -0.15) is 0 Å². The van der Waals surface area contributed by atoms with Gasteiger partial charge in [-0.25, -0.2) is 0 Å². The highest BCUT2D eigenvalue weighted by Crippen LogP contribution is 2.39. The van der Waals surface area contributed by atoms with Crippen LogP contribution in [0.25, 0.3) is 0 Å². The minimum atomic E-state index is -0.698. The lowest BCUT2D eigenvalue weighted by molar-refractivity contribution is -0.168. The van der Waals surface area contributed by atoms with Crippen molar-refractivity contribution in [1.29, 1.82) is 0 Å². The first-order chi connectivity index (χ1) is 9.95. The quantitative estimate of drug-likeness (QED) is 0.866. The van der Waals surface area contributed by atoms with Gasteiger partial charge in [0.1, 0.15) is 11.1 Å². The summed E-state index contributed by atoms with van der Waals surface area (Å²) in [6, 6.07) is 0.160. The topological polar surface area (TPSA) is 49.4 Å². The van der Waals surface area contributed by atoms with Crippen LogP contribution in [0.1, 0.15) is 79.1 Å². The molecule has 1 saturated carbocycles. The van der Waals surface area contributed by atoms with Gasteiger partial charge in [0, 0.05) is 6.04 Å². The molecule has 0 radical (unpaired) electrons. The van der Waals surface area contributed by atoms with Gasteiger partial charge < -0.3 is 10.2 Å². The first kappa shape index (κ1) is 16.3. The fraction of sp³-hybridized carbons (Fsp3) is 0.882. The summed E-state index contributed by atoms with van der Waals surface area (Å²) in [6.45, 7) is 8.14. The van der Waals surface area contributed by atoms with E-state index < -0.39 is 11.1 Å². The summed E-state index contributed by atoms with van der Waals surface area (Å²) in [5, 5.41) is 3.13. The monoisotopic (exact) mass is 294 g/mol. The van der Waals surface area contributed by atoms with Crippen LogP contribution in [0, 0.1) is 0 Å². The molecular formula is C17H30N2O2. The second kappa shape index (κ2) is 5.98. The molecule has 1 saturated heterocycles. The average molecular weight is 294 g/mol. The Morgan fingerprint density at radius 2 is 1.67 bits per heavy atom. The smallest absolute Gasteiger partial charge is 0.249 e. The van der Waals surface area contributed by atoms with E-state index in [0.29, 0.717) is 6.42 Å². The first-order valence-corrected chi connectivity index (χ1v) is 8.61. The molecule has 0 aromatic rings. The summed E-state index contributed by atoms with van der Waals surface area (Å²) in [6.07, 6.45) is 7.31. The van der Waals surface area contributed by atoms with Crippen LogP contribution >= 0.6 is 0 Å². The molecule has 0 aromatic heterocycles. The summed E-state index contributed by atoms with van der Waals surface area (Å²) in [7, 11) is 0. The van der Waals surface area contributed by atoms with E-state index >= 15 is 0 Å². The van der Waals surface area contributed by atoms with E-state index in [0.717, 1.165) is 38.5 Å². The molecule has 1 atom stereocenters. The molecule has 0 bridgehead atoms. The minimum Gasteiger partial charge on any atom is -0.340 e. The molecule has 0 aromatic carbocycles. The fourth-order valence-corrected chi connectivity index (χ4v) is 4.02. The second-order valence-corrected chi connectivity index (χ2v) is 6.87. The lowest BCUT2D eigenvalue weighted by atomic mass is 9.75. The maximum atomic E-state index is 13.3. The van der Waals surface area contributed by atoms with Gasteiger partial charge in [0.2, 0.25) is 11.8 Å². The fourth-order valence-electron chi connectivity index (χ4n) is 4.02. The summed E-state index contributed by atoms with van der Waals surface area (Å²) in [5.41, 5.74) is -1.32. The molecule has 21 heavy (non-hydrogen) atoms. The van der Waals surface area contributed by atoms with E-state index in [2.05, 4.69) is 19.2 Å². The van der Waals surface area contributed by atoms with Gasteiger partial charge in [0.15, 0.2) is 0 Å². The molecule has 1 unspecified atom stereocenters. The predicted octanol–water partition coefficient (Wildman–Crippen LogP) is 3.01. The zero-order valence-electron chi connectivity index (χ0n) is 14.0. The maximum absolute atomic E-state index is 13.3. The van der Waals surface area contributed by atoms with E-state index in [-0.39, 0.29) is 17.9 Å². The lowest BCUT2D eigenvalue weighted by Crippen LogP contribution is -2.76. The molecule has 1 heterocycles. The van der Waals surface area contributed by atoms with Crippen LogP contribution in [-0.4, -0.2) is 33.8 Å². The van der Waals surface area contributed by atoms with Crippen LogP contribution in [0.4, 0.5) is 0 Å². The summed E-state index contributed by atoms with van der Waals surface area (Å²) < 4.78 is 0. The highest BCUT2D eigenvalue weighted by molar-refractivity contribution is 6.02. The van der Waals surface area contributed by atoms with Crippen molar-refractivity contribution >= 4 is 11.8 Å². The van der Waals surface area contributed by atoms with Crippen molar-refractivity contribution in [2.24, 2.45) is 0 Å². The highest BCUT2D eigenvalue weighted by atomic mass is 16.2. The molecule has 2 rings (SSSR count). The molecule has 1 N–H and O–H groups in total. The summed E-state index contributed by atoms with van der Waals surface area (Å²) >= 11 is 0. The van der Waals surface area contributed by atoms with E-state index in [9.17, 15) is 9.59 Å². The molecular weight excluding hydrogens is 264 g/mol. The zero-order chi connectivity index (χ0) is 15.7. The van der Waals surface area contributed by atoms with Crippen molar-refractivity contribution in [2.45, 2.75) is 96.2 Å². The zero-order valence-corrected chi connectivity index (χ0v) is 14.0. The number of carbonyl (C=O) groups excluding carboxylic acids is 2. The number of piperazine rings is 1. The summed E-state index contributed by atoms with van der Waals surface area (Å²) in [4.78, 5) is 28.0. The largest absolute Gasteiger partial charge is 0.340 e. The molecule has 1 spiro atoms. The standard InChI is InChI=1S/C17H30N2O2/c1-5-13(6-2)19-15(21)17(11-9-8-10-12-17)18-14(20)16(19,4)7-3/h13H,5-12H2,1-4H3,(H,18,20). The second-order valence-electron chi connectivity index (χ2n) is 6.87. The van der Waals surface area contributed by atoms with Crippen molar-refractivity contribution in [2.75, 3.05) is 0 Å². The summed E-state index contributed by atoms with van der Waals surface area (Å²) in [5.74, 6) is 0.207. The van der Waals surface area contributed by atoms with E-state index in [1.54, 1.807) is 0 Å². The van der Waals surface area contributed by atoms with Gasteiger partial charge in [-0.05, 0) is 39.0 Å². The number of nitrogens with zero attached hydrogens (tertiary/aromatic N) is 1. The maximum Gasteiger partial charge on any atom is 0.249 e. The highest BCUT2D eigenvalue weighted by Gasteiger charge is 2.56. The van der Waals surface area contributed by atoms with Crippen LogP contribution in [0.15, 0.2) is 0 Å². The third kappa shape index (κ3) is 2.47. The third-order valence-electron chi connectivity index (χ3n) is 5.71. The number of carbonyl (C=O) groups is 2. The molecule has 4 nitrogen and oxygen atoms in total. The van der Waals surface area contributed by atoms with E-state index in [4.69, 9.17) is 0 Å². The van der Waals surface area contributed by atoms with Crippen LogP contribution in [-0.2, 0) is 9.59 Å². The number of nitrogens with one attached hydrogen (secondary N) is 1. The average Bonchev–Trinajstić information content (AvgIpc) is 2.50. The normalized spacial score (nSPS) is 29.1. The van der Waals surface area contributed by atoms with Crippen LogP contribution in [0.2, 0.25) is 0 Å². The van der Waals surface area contributed by atoms with E-state index in [1.165, 1.54) is 6.42 Å². The number of amides is 2. The molecule has 1 aliphatic heterocycles. The molecule has 2 fully saturated rings. The van der Waals surface area contributed by atoms with Gasteiger partial charge in [-0.15, -0.1) is 0 Å². The lowest BCUT2D eigenvalue weighted by Gasteiger charge is -2.54. The molecule has 1 aliphatic carbocycles. The molecule has 4 heteroatoms. The first-order valence-electron chi connectivity index (χ1n) is 8.61. The Labute approximate surface area is 128 Å². The molecule has 2 aliphatic rings. The van der Waals surface area contributed by atoms with E-state index in [1.807, 2.05) is 18.7 Å². The predicted molar refractivity (Wildman–Crippen MR) is 83.9 cm³/mol. The van der Waals surface area contributed by atoms with Gasteiger partial charge in [0.25, 0.3) is 0 Å². The SMILES string of the molecule is CCC(CC)N1C(=O)C2(CCCCC2)NC(=O)C1(C)CC. The number of rotatable bonds is 4. The van der Waals surface area contributed by atoms with Crippen molar-refractivity contribution < 1.29 is 9.59 Å². The Balaban J connectivity index is 2.43. The van der Waals surface area contributed by atoms with Crippen molar-refractivity contribution in [3.8, 4) is 0 Å². The Kier molecular flexibility index (Phi) is 4.64. The van der Waals surface area contributed by atoms with Crippen molar-refractivity contribution in [3.63, 3.8) is 0 Å². The van der Waals surface area contributed by atoms with Gasteiger partial charge in [-0.1, -0.05) is 40.0 Å². The van der Waals surface area contributed by atoms with Gasteiger partial charge in [-0.3, -0.25) is 9.59 Å². The number of hydrogen-bond donors (Lipinski definition) is 1. The third-order valence-corrected chi connectivity index (χ3v) is 5.71. The van der Waals surface area contributed by atoms with Crippen LogP contribution in [0.3, 0.4) is 0 Å². The number of hydrogen-bond acceptors (Lipinski definition) is 2. The van der Waals surface area contributed by atoms with Crippen LogP contribution < -0.4 is 5.32 Å². The van der Waals surface area contributed by atoms with Crippen LogP contribution in [0.5, 0.6) is 0 Å². The minimum absolute atomic E-state index is 0.0402. The van der Waals surface area contributed by atoms with Crippen molar-refractivity contribution in [3.05, 3.63) is 0 Å². The Morgan fingerprint density at radius 1 is 1.10 bits per heavy atom. The Morgan fingerprint density at radius 3 is 2.14 bits per heavy atom. The Bertz CT molecular complexity index is 411. The van der Waals surface area contributed by atoms with Gasteiger partial charge >= 0.3 is 0 Å². The Hall–Kier alpha value is -1.06. The van der Waals surface area contributed by atoms with Crippen molar-refractivity contribution in [1.82, 2.24) is 10.2 Å². The van der Waals surface area contributed by atoms with Gasteiger partial charge in [0.05, 0.1) is 0 Å². The molecule has 120 valence electrons.